The summed E-state index contributed by atoms with van der Waals surface area (Å²) in [4.78, 5) is 12.8. The fraction of sp³-hybridized carbons (Fsp3) is 0.320. The molecule has 0 amide bonds. The molecule has 0 spiro atoms. The lowest BCUT2D eigenvalue weighted by Gasteiger charge is -2.29. The number of aliphatic hydroxyl groups excluding tert-OH is 1. The Hall–Kier alpha value is -3.01. The van der Waals surface area contributed by atoms with Crippen molar-refractivity contribution in [1.29, 1.82) is 0 Å². The largest absolute Gasteiger partial charge is 0.491 e. The number of halogens is 1. The van der Waals surface area contributed by atoms with Crippen molar-refractivity contribution in [3.63, 3.8) is 0 Å². The molecule has 9 heteroatoms. The predicted octanol–water partition coefficient (Wildman–Crippen LogP) is 3.33. The average molecular weight is 488 g/mol. The number of sulfone groups is 1. The molecule has 0 bridgehead atoms. The highest BCUT2D eigenvalue weighted by molar-refractivity contribution is 7.91. The van der Waals surface area contributed by atoms with Gasteiger partial charge in [-0.15, -0.1) is 0 Å². The molecule has 1 aliphatic rings. The zero-order chi connectivity index (χ0) is 24.1. The van der Waals surface area contributed by atoms with Crippen molar-refractivity contribution < 1.29 is 31.9 Å². The summed E-state index contributed by atoms with van der Waals surface area (Å²) in [5.74, 6) is 1.45. The Balaban J connectivity index is 1.44. The molecule has 0 radical (unpaired) electrons. The third-order valence-electron chi connectivity index (χ3n) is 5.76. The molecule has 2 unspecified atom stereocenters. The van der Waals surface area contributed by atoms with Gasteiger partial charge in [-0.3, -0.25) is 9.69 Å². The van der Waals surface area contributed by atoms with Gasteiger partial charge in [0.25, 0.3) is 0 Å². The summed E-state index contributed by atoms with van der Waals surface area (Å²) in [6, 6.07) is 15.9. The van der Waals surface area contributed by atoms with Crippen LogP contribution in [0.3, 0.4) is 0 Å². The summed E-state index contributed by atoms with van der Waals surface area (Å²) >= 11 is 0. The topological polar surface area (TPSA) is 97.1 Å². The average Bonchev–Trinajstić information content (AvgIpc) is 3.44. The standard InChI is InChI=1S/C25H26FNO6S/c26-20-6-4-19(5-7-20)25-9-8-24(33-25)14-27(21-10-11-34(30,31)17-21)13-22(29)16-32-23-3-1-2-18(12-23)15-28/h1-9,12,15,21-22,29H,10-11,13-14,16-17H2. The second-order valence-electron chi connectivity index (χ2n) is 8.41. The van der Waals surface area contributed by atoms with Gasteiger partial charge in [-0.25, -0.2) is 12.8 Å². The summed E-state index contributed by atoms with van der Waals surface area (Å²) in [6.45, 7) is 0.469. The van der Waals surface area contributed by atoms with Gasteiger partial charge >= 0.3 is 0 Å². The van der Waals surface area contributed by atoms with E-state index in [-0.39, 0.29) is 36.5 Å². The first-order chi connectivity index (χ1) is 16.3. The first kappa shape index (κ1) is 24.1. The van der Waals surface area contributed by atoms with Gasteiger partial charge in [0.1, 0.15) is 42.1 Å². The lowest BCUT2D eigenvalue weighted by atomic mass is 10.2. The molecule has 180 valence electrons. The van der Waals surface area contributed by atoms with Crippen LogP contribution in [0.5, 0.6) is 5.75 Å². The molecule has 1 aromatic heterocycles. The second-order valence-corrected chi connectivity index (χ2v) is 10.6. The Kier molecular flexibility index (Phi) is 7.45. The molecular weight excluding hydrogens is 461 g/mol. The van der Waals surface area contributed by atoms with Gasteiger partial charge in [0.2, 0.25) is 0 Å². The summed E-state index contributed by atoms with van der Waals surface area (Å²) in [6.07, 6.45) is 0.299. The van der Waals surface area contributed by atoms with Crippen molar-refractivity contribution in [3.8, 4) is 17.1 Å². The van der Waals surface area contributed by atoms with E-state index >= 15 is 0 Å². The molecule has 0 aliphatic carbocycles. The summed E-state index contributed by atoms with van der Waals surface area (Å²) in [5, 5.41) is 10.6. The predicted molar refractivity (Wildman–Crippen MR) is 125 cm³/mol. The Labute approximate surface area is 197 Å². The number of benzene rings is 2. The highest BCUT2D eigenvalue weighted by Crippen LogP contribution is 2.26. The number of aliphatic hydroxyl groups is 1. The van der Waals surface area contributed by atoms with Crippen LogP contribution in [0.4, 0.5) is 4.39 Å². The smallest absolute Gasteiger partial charge is 0.151 e. The van der Waals surface area contributed by atoms with Crippen LogP contribution >= 0.6 is 0 Å². The zero-order valence-corrected chi connectivity index (χ0v) is 19.3. The van der Waals surface area contributed by atoms with E-state index in [1.807, 2.05) is 4.90 Å². The molecule has 2 heterocycles. The number of nitrogens with zero attached hydrogens (tertiary/aromatic N) is 1. The van der Waals surface area contributed by atoms with E-state index in [9.17, 15) is 22.7 Å². The van der Waals surface area contributed by atoms with Crippen LogP contribution in [0.15, 0.2) is 65.1 Å². The SMILES string of the molecule is O=Cc1cccc(OCC(O)CN(Cc2ccc(-c3ccc(F)cc3)o2)C2CCS(=O)(=O)C2)c1. The van der Waals surface area contributed by atoms with Gasteiger partial charge < -0.3 is 14.3 Å². The second kappa shape index (κ2) is 10.5. The number of aldehydes is 1. The zero-order valence-electron chi connectivity index (χ0n) is 18.5. The van der Waals surface area contributed by atoms with Crippen LogP contribution in [0.25, 0.3) is 11.3 Å². The normalized spacial score (nSPS) is 18.1. The van der Waals surface area contributed by atoms with Crippen LogP contribution in [-0.2, 0) is 16.4 Å². The van der Waals surface area contributed by atoms with Crippen LogP contribution in [-0.4, -0.2) is 61.5 Å². The number of carbonyl (C=O) groups excluding carboxylic acids is 1. The number of furan rings is 1. The maximum absolute atomic E-state index is 13.2. The number of ether oxygens (including phenoxy) is 1. The lowest BCUT2D eigenvalue weighted by Crippen LogP contribution is -2.42. The van der Waals surface area contributed by atoms with Crippen molar-refractivity contribution in [2.75, 3.05) is 24.7 Å². The van der Waals surface area contributed by atoms with E-state index in [1.54, 1.807) is 48.5 Å². The minimum Gasteiger partial charge on any atom is -0.491 e. The monoisotopic (exact) mass is 487 g/mol. The summed E-state index contributed by atoms with van der Waals surface area (Å²) in [5.41, 5.74) is 1.20. The molecule has 1 N–H and O–H groups in total. The van der Waals surface area contributed by atoms with Crippen LogP contribution in [0, 0.1) is 5.82 Å². The van der Waals surface area contributed by atoms with E-state index in [0.29, 0.717) is 35.8 Å². The van der Waals surface area contributed by atoms with Gasteiger partial charge in [-0.1, -0.05) is 12.1 Å². The van der Waals surface area contributed by atoms with Crippen LogP contribution in [0.2, 0.25) is 0 Å². The number of rotatable bonds is 10. The third kappa shape index (κ3) is 6.31. The molecule has 2 aromatic carbocycles. The van der Waals surface area contributed by atoms with Crippen LogP contribution < -0.4 is 4.74 Å². The molecule has 34 heavy (non-hydrogen) atoms. The summed E-state index contributed by atoms with van der Waals surface area (Å²) < 4.78 is 48.9. The third-order valence-corrected chi connectivity index (χ3v) is 7.51. The molecular formula is C25H26FNO6S. The van der Waals surface area contributed by atoms with Gasteiger partial charge in [-0.05, 0) is 55.0 Å². The van der Waals surface area contributed by atoms with Gasteiger partial charge in [0, 0.05) is 23.7 Å². The van der Waals surface area contributed by atoms with E-state index in [4.69, 9.17) is 9.15 Å². The maximum atomic E-state index is 13.2. The van der Waals surface area contributed by atoms with Crippen molar-refractivity contribution in [2.45, 2.75) is 25.1 Å². The van der Waals surface area contributed by atoms with Crippen molar-refractivity contribution in [2.24, 2.45) is 0 Å². The molecule has 0 saturated carbocycles. The summed E-state index contributed by atoms with van der Waals surface area (Å²) in [7, 11) is -3.13. The Morgan fingerprint density at radius 2 is 1.97 bits per heavy atom. The fourth-order valence-electron chi connectivity index (χ4n) is 4.03. The minimum absolute atomic E-state index is 0.0166. The first-order valence-electron chi connectivity index (χ1n) is 11.0. The van der Waals surface area contributed by atoms with Gasteiger partial charge in [0.15, 0.2) is 9.84 Å². The Morgan fingerprint density at radius 1 is 1.18 bits per heavy atom. The Morgan fingerprint density at radius 3 is 2.68 bits per heavy atom. The van der Waals surface area contributed by atoms with Crippen LogP contribution in [0.1, 0.15) is 22.5 Å². The van der Waals surface area contributed by atoms with E-state index in [1.165, 1.54) is 12.1 Å². The molecule has 3 aromatic rings. The quantitative estimate of drug-likeness (QED) is 0.438. The Bertz CT molecular complexity index is 1220. The molecule has 1 aliphatic heterocycles. The minimum atomic E-state index is -3.13. The van der Waals surface area contributed by atoms with E-state index in [0.717, 1.165) is 11.8 Å². The molecule has 2 atom stereocenters. The lowest BCUT2D eigenvalue weighted by molar-refractivity contribution is 0.0498. The molecule has 1 saturated heterocycles. The number of hydrogen-bond donors (Lipinski definition) is 1. The van der Waals surface area contributed by atoms with E-state index < -0.39 is 15.9 Å². The number of carbonyl (C=O) groups is 1. The van der Waals surface area contributed by atoms with Crippen molar-refractivity contribution >= 4 is 16.1 Å². The molecule has 1 fully saturated rings. The van der Waals surface area contributed by atoms with Gasteiger partial charge in [0.05, 0.1) is 18.1 Å². The number of hydrogen-bond acceptors (Lipinski definition) is 7. The van der Waals surface area contributed by atoms with E-state index in [2.05, 4.69) is 0 Å². The molecule has 7 nitrogen and oxygen atoms in total. The first-order valence-corrected chi connectivity index (χ1v) is 12.8. The fourth-order valence-corrected chi connectivity index (χ4v) is 5.79. The maximum Gasteiger partial charge on any atom is 0.151 e. The molecule has 4 rings (SSSR count). The van der Waals surface area contributed by atoms with Crippen molar-refractivity contribution in [1.82, 2.24) is 4.90 Å². The highest BCUT2D eigenvalue weighted by atomic mass is 32.2. The highest BCUT2D eigenvalue weighted by Gasteiger charge is 2.33. The van der Waals surface area contributed by atoms with Gasteiger partial charge in [-0.2, -0.15) is 0 Å². The van der Waals surface area contributed by atoms with Crippen molar-refractivity contribution in [3.05, 3.63) is 77.8 Å².